The van der Waals surface area contributed by atoms with Gasteiger partial charge < -0.3 is 10.4 Å². The van der Waals surface area contributed by atoms with Gasteiger partial charge in [0.05, 0.1) is 16.9 Å². The fourth-order valence-electron chi connectivity index (χ4n) is 1.53. The van der Waals surface area contributed by atoms with Gasteiger partial charge in [-0.15, -0.1) is 11.3 Å². The van der Waals surface area contributed by atoms with Crippen LogP contribution in [0.15, 0.2) is 22.7 Å². The maximum absolute atomic E-state index is 11.9. The van der Waals surface area contributed by atoms with Crippen molar-refractivity contribution in [2.75, 3.05) is 10.6 Å². The Morgan fingerprint density at radius 3 is 2.52 bits per heavy atom. The fourth-order valence-corrected chi connectivity index (χ4v) is 2.81. The van der Waals surface area contributed by atoms with Crippen molar-refractivity contribution >= 4 is 50.1 Å². The Kier molecular flexibility index (Phi) is 4.59. The molecule has 110 valence electrons. The topological polar surface area (TPSA) is 91.3 Å². The number of thiazole rings is 1. The van der Waals surface area contributed by atoms with Crippen LogP contribution in [0.25, 0.3) is 0 Å². The average molecular weight is 370 g/mol. The van der Waals surface area contributed by atoms with Gasteiger partial charge in [-0.25, -0.2) is 14.6 Å². The number of urea groups is 1. The molecule has 0 radical (unpaired) electrons. The molecule has 2 aromatic rings. The number of nitrogens with one attached hydrogen (secondary N) is 2. The van der Waals surface area contributed by atoms with Crippen LogP contribution >= 0.6 is 27.3 Å². The summed E-state index contributed by atoms with van der Waals surface area (Å²) in [7, 11) is 0. The van der Waals surface area contributed by atoms with Crippen molar-refractivity contribution in [1.82, 2.24) is 4.98 Å². The molecule has 1 aromatic heterocycles. The van der Waals surface area contributed by atoms with Gasteiger partial charge in [0.2, 0.25) is 0 Å². The summed E-state index contributed by atoms with van der Waals surface area (Å²) in [5, 5.41) is 14.7. The number of carbonyl (C=O) groups is 2. The quantitative estimate of drug-likeness (QED) is 0.765. The molecule has 0 saturated carbocycles. The van der Waals surface area contributed by atoms with E-state index >= 15 is 0 Å². The molecule has 0 aliphatic rings. The van der Waals surface area contributed by atoms with Crippen LogP contribution in [-0.2, 0) is 0 Å². The van der Waals surface area contributed by atoms with Gasteiger partial charge in [-0.1, -0.05) is 0 Å². The summed E-state index contributed by atoms with van der Waals surface area (Å²) in [5.74, 6) is -1.03. The first-order chi connectivity index (χ1) is 9.86. The zero-order valence-corrected chi connectivity index (χ0v) is 13.6. The van der Waals surface area contributed by atoms with Crippen LogP contribution in [0, 0.1) is 13.8 Å². The van der Waals surface area contributed by atoms with E-state index in [1.807, 2.05) is 13.8 Å². The first-order valence-electron chi connectivity index (χ1n) is 5.91. The second-order valence-corrected chi connectivity index (χ2v) is 6.30. The number of amides is 2. The molecule has 0 aliphatic carbocycles. The van der Waals surface area contributed by atoms with Gasteiger partial charge in [0, 0.05) is 9.35 Å². The zero-order valence-electron chi connectivity index (χ0n) is 11.2. The van der Waals surface area contributed by atoms with Crippen molar-refractivity contribution in [1.29, 1.82) is 0 Å². The van der Waals surface area contributed by atoms with E-state index in [9.17, 15) is 9.59 Å². The predicted octanol–water partition coefficient (Wildman–Crippen LogP) is 3.86. The van der Waals surface area contributed by atoms with Crippen LogP contribution in [0.3, 0.4) is 0 Å². The Bertz CT molecular complexity index is 695. The van der Waals surface area contributed by atoms with Crippen LogP contribution in [0.2, 0.25) is 0 Å². The van der Waals surface area contributed by atoms with Crippen molar-refractivity contribution in [2.45, 2.75) is 13.8 Å². The number of anilines is 2. The van der Waals surface area contributed by atoms with E-state index in [1.165, 1.54) is 29.5 Å². The molecule has 6 nitrogen and oxygen atoms in total. The maximum Gasteiger partial charge on any atom is 0.335 e. The van der Waals surface area contributed by atoms with Crippen molar-refractivity contribution < 1.29 is 14.7 Å². The number of aryl methyl sites for hydroxylation is 2. The third-order valence-electron chi connectivity index (χ3n) is 2.71. The van der Waals surface area contributed by atoms with E-state index in [0.29, 0.717) is 15.3 Å². The van der Waals surface area contributed by atoms with Crippen molar-refractivity contribution in [3.8, 4) is 0 Å². The lowest BCUT2D eigenvalue weighted by molar-refractivity contribution is 0.0697. The fraction of sp³-hybridized carbons (Fsp3) is 0.154. The largest absolute Gasteiger partial charge is 0.478 e. The van der Waals surface area contributed by atoms with E-state index < -0.39 is 12.0 Å². The highest BCUT2D eigenvalue weighted by atomic mass is 79.9. The summed E-state index contributed by atoms with van der Waals surface area (Å²) in [6, 6.07) is 3.93. The first-order valence-corrected chi connectivity index (χ1v) is 7.52. The molecule has 0 fully saturated rings. The lowest BCUT2D eigenvalue weighted by Gasteiger charge is -2.08. The number of hydrogen-bond donors (Lipinski definition) is 3. The molecule has 1 aromatic carbocycles. The minimum atomic E-state index is -1.03. The van der Waals surface area contributed by atoms with E-state index in [2.05, 4.69) is 31.5 Å². The molecule has 2 amide bonds. The highest BCUT2D eigenvalue weighted by Gasteiger charge is 2.11. The van der Waals surface area contributed by atoms with E-state index in [0.717, 1.165) is 10.6 Å². The molecule has 0 aliphatic heterocycles. The predicted molar refractivity (Wildman–Crippen MR) is 85.3 cm³/mol. The average Bonchev–Trinajstić information content (AvgIpc) is 2.70. The van der Waals surface area contributed by atoms with E-state index in [1.54, 1.807) is 0 Å². The monoisotopic (exact) mass is 369 g/mol. The van der Waals surface area contributed by atoms with Crippen molar-refractivity contribution in [3.05, 3.63) is 38.8 Å². The number of carbonyl (C=O) groups excluding carboxylic acids is 1. The van der Waals surface area contributed by atoms with Gasteiger partial charge in [-0.3, -0.25) is 5.32 Å². The van der Waals surface area contributed by atoms with Gasteiger partial charge in [-0.2, -0.15) is 0 Å². The lowest BCUT2D eigenvalue weighted by Crippen LogP contribution is -2.19. The molecule has 1 heterocycles. The molecule has 0 spiro atoms. The third kappa shape index (κ3) is 3.79. The van der Waals surface area contributed by atoms with Crippen molar-refractivity contribution in [3.63, 3.8) is 0 Å². The summed E-state index contributed by atoms with van der Waals surface area (Å²) in [5.41, 5.74) is 1.49. The molecular weight excluding hydrogens is 358 g/mol. The van der Waals surface area contributed by atoms with Gasteiger partial charge in [-0.05, 0) is 48.0 Å². The standard InChI is InChI=1S/C13H12BrN3O3S/c1-6-7(2)21-13(15-6)17-12(20)16-10-4-3-8(11(18)19)5-9(10)14/h3-5H,1-2H3,(H,18,19)(H2,15,16,17,20). The molecule has 21 heavy (non-hydrogen) atoms. The molecule has 0 bridgehead atoms. The second kappa shape index (κ2) is 6.23. The second-order valence-electron chi connectivity index (χ2n) is 4.24. The molecular formula is C13H12BrN3O3S. The van der Waals surface area contributed by atoms with Crippen LogP contribution in [0.5, 0.6) is 0 Å². The van der Waals surface area contributed by atoms with Gasteiger partial charge in [0.1, 0.15) is 0 Å². The molecule has 8 heteroatoms. The van der Waals surface area contributed by atoms with Gasteiger partial charge >= 0.3 is 12.0 Å². The van der Waals surface area contributed by atoms with Gasteiger partial charge in [0.15, 0.2) is 5.13 Å². The summed E-state index contributed by atoms with van der Waals surface area (Å²) in [6.07, 6.45) is 0. The Morgan fingerprint density at radius 2 is 2.00 bits per heavy atom. The number of aromatic carboxylic acids is 1. The SMILES string of the molecule is Cc1nc(NC(=O)Nc2ccc(C(=O)O)cc2Br)sc1C. The molecule has 2 rings (SSSR count). The Balaban J connectivity index is 2.07. The maximum atomic E-state index is 11.9. The van der Waals surface area contributed by atoms with Crippen molar-refractivity contribution in [2.24, 2.45) is 0 Å². The molecule has 0 saturated heterocycles. The number of nitrogens with zero attached hydrogens (tertiary/aromatic N) is 1. The minimum absolute atomic E-state index is 0.138. The Morgan fingerprint density at radius 1 is 1.29 bits per heavy atom. The molecule has 0 atom stereocenters. The van der Waals surface area contributed by atoms with Crippen LogP contribution in [0.1, 0.15) is 20.9 Å². The highest BCUT2D eigenvalue weighted by molar-refractivity contribution is 9.10. The summed E-state index contributed by atoms with van der Waals surface area (Å²) in [4.78, 5) is 28.0. The molecule has 3 N–H and O–H groups in total. The number of halogens is 1. The minimum Gasteiger partial charge on any atom is -0.478 e. The molecule has 0 unspecified atom stereocenters. The van der Waals surface area contributed by atoms with Crippen LogP contribution < -0.4 is 10.6 Å². The van der Waals surface area contributed by atoms with Gasteiger partial charge in [0.25, 0.3) is 0 Å². The number of hydrogen-bond acceptors (Lipinski definition) is 4. The zero-order chi connectivity index (χ0) is 15.6. The first kappa shape index (κ1) is 15.5. The third-order valence-corrected chi connectivity index (χ3v) is 4.36. The van der Waals surface area contributed by atoms with E-state index in [4.69, 9.17) is 5.11 Å². The number of aromatic nitrogens is 1. The number of rotatable bonds is 3. The summed E-state index contributed by atoms with van der Waals surface area (Å²) in [6.45, 7) is 3.80. The summed E-state index contributed by atoms with van der Waals surface area (Å²) < 4.78 is 0.490. The van der Waals surface area contributed by atoms with Crippen LogP contribution in [-0.4, -0.2) is 22.1 Å². The summed E-state index contributed by atoms with van der Waals surface area (Å²) >= 11 is 4.62. The smallest absolute Gasteiger partial charge is 0.335 e. The van der Waals surface area contributed by atoms with Crippen LogP contribution in [0.4, 0.5) is 15.6 Å². The number of carboxylic acids is 1. The Labute approximate surface area is 133 Å². The number of carboxylic acid groups (broad SMARTS) is 1. The number of benzene rings is 1. The normalized spacial score (nSPS) is 10.2. The lowest BCUT2D eigenvalue weighted by atomic mass is 10.2. The highest BCUT2D eigenvalue weighted by Crippen LogP contribution is 2.25. The van der Waals surface area contributed by atoms with E-state index in [-0.39, 0.29) is 5.56 Å². The Hall–Kier alpha value is -1.93.